The molecule has 1 aromatic rings. The van der Waals surface area contributed by atoms with Crippen LogP contribution in [0.5, 0.6) is 0 Å². The maximum absolute atomic E-state index is 12.8. The molecule has 0 saturated heterocycles. The fourth-order valence-corrected chi connectivity index (χ4v) is 1.14. The molecule has 17 heavy (non-hydrogen) atoms. The molecule has 94 valence electrons. The molecule has 1 unspecified atom stereocenters. The van der Waals surface area contributed by atoms with E-state index in [0.717, 1.165) is 0 Å². The molecule has 1 atom stereocenters. The Labute approximate surface area is 99.8 Å². The standard InChI is InChI=1S/C12H17FN2O2/c1-3-12(2,17)8-14-11(16)15-10-6-4-5-9(13)7-10/h4-7,17H,3,8H2,1-2H3,(H2,14,15,16). The number of benzene rings is 1. The Bertz CT molecular complexity index is 394. The fraction of sp³-hybridized carbons (Fsp3) is 0.417. The molecule has 0 aliphatic heterocycles. The lowest BCUT2D eigenvalue weighted by atomic mass is 10.0. The van der Waals surface area contributed by atoms with Gasteiger partial charge in [0.1, 0.15) is 5.82 Å². The van der Waals surface area contributed by atoms with Crippen LogP contribution in [0.25, 0.3) is 0 Å². The summed E-state index contributed by atoms with van der Waals surface area (Å²) in [6.45, 7) is 3.60. The van der Waals surface area contributed by atoms with E-state index in [-0.39, 0.29) is 6.54 Å². The molecule has 3 N–H and O–H groups in total. The van der Waals surface area contributed by atoms with E-state index in [0.29, 0.717) is 12.1 Å². The summed E-state index contributed by atoms with van der Waals surface area (Å²) in [5.74, 6) is -0.414. The number of urea groups is 1. The molecule has 0 aromatic heterocycles. The Morgan fingerprint density at radius 2 is 2.24 bits per heavy atom. The number of carbonyl (C=O) groups excluding carboxylic acids is 1. The Kier molecular flexibility index (Phi) is 4.45. The first-order valence-electron chi connectivity index (χ1n) is 5.46. The Morgan fingerprint density at radius 3 is 2.82 bits per heavy atom. The molecular formula is C12H17FN2O2. The Balaban J connectivity index is 2.45. The van der Waals surface area contributed by atoms with E-state index in [9.17, 15) is 14.3 Å². The smallest absolute Gasteiger partial charge is 0.319 e. The molecule has 5 heteroatoms. The van der Waals surface area contributed by atoms with Gasteiger partial charge >= 0.3 is 6.03 Å². The normalized spacial score (nSPS) is 13.9. The third-order valence-electron chi connectivity index (χ3n) is 2.47. The number of carbonyl (C=O) groups is 1. The zero-order chi connectivity index (χ0) is 12.9. The summed E-state index contributed by atoms with van der Waals surface area (Å²) in [6.07, 6.45) is 0.535. The maximum Gasteiger partial charge on any atom is 0.319 e. The fourth-order valence-electron chi connectivity index (χ4n) is 1.14. The number of anilines is 1. The number of rotatable bonds is 4. The maximum atomic E-state index is 12.8. The summed E-state index contributed by atoms with van der Waals surface area (Å²) in [6, 6.07) is 5.14. The van der Waals surface area contributed by atoms with Crippen LogP contribution in [-0.2, 0) is 0 Å². The van der Waals surface area contributed by atoms with Crippen LogP contribution in [0.2, 0.25) is 0 Å². The molecule has 0 aliphatic carbocycles. The average Bonchev–Trinajstić information content (AvgIpc) is 2.27. The zero-order valence-electron chi connectivity index (χ0n) is 9.96. The van der Waals surface area contributed by atoms with Gasteiger partial charge < -0.3 is 15.7 Å². The van der Waals surface area contributed by atoms with E-state index < -0.39 is 17.4 Å². The minimum atomic E-state index is -0.931. The Morgan fingerprint density at radius 1 is 1.53 bits per heavy atom. The predicted octanol–water partition coefficient (Wildman–Crippen LogP) is 2.11. The first-order valence-corrected chi connectivity index (χ1v) is 5.46. The molecule has 1 aromatic carbocycles. The van der Waals surface area contributed by atoms with Gasteiger partial charge in [0.05, 0.1) is 5.60 Å². The van der Waals surface area contributed by atoms with Crippen molar-refractivity contribution in [3.8, 4) is 0 Å². The molecule has 0 saturated carbocycles. The third kappa shape index (κ3) is 4.82. The average molecular weight is 240 g/mol. The number of aliphatic hydroxyl groups is 1. The zero-order valence-corrected chi connectivity index (χ0v) is 9.96. The van der Waals surface area contributed by atoms with E-state index in [1.165, 1.54) is 18.2 Å². The van der Waals surface area contributed by atoms with Crippen LogP contribution in [0.4, 0.5) is 14.9 Å². The molecule has 0 bridgehead atoms. The third-order valence-corrected chi connectivity index (χ3v) is 2.47. The molecule has 1 rings (SSSR count). The molecule has 0 spiro atoms. The quantitative estimate of drug-likeness (QED) is 0.754. The van der Waals surface area contributed by atoms with Crippen LogP contribution >= 0.6 is 0 Å². The van der Waals surface area contributed by atoms with Gasteiger partial charge in [-0.05, 0) is 31.5 Å². The second-order valence-corrected chi connectivity index (χ2v) is 4.17. The van der Waals surface area contributed by atoms with Crippen molar-refractivity contribution >= 4 is 11.7 Å². The van der Waals surface area contributed by atoms with Crippen LogP contribution in [0.3, 0.4) is 0 Å². The van der Waals surface area contributed by atoms with Crippen molar-refractivity contribution in [2.45, 2.75) is 25.9 Å². The lowest BCUT2D eigenvalue weighted by molar-refractivity contribution is 0.0587. The molecular weight excluding hydrogens is 223 g/mol. The van der Waals surface area contributed by atoms with Gasteiger partial charge in [-0.15, -0.1) is 0 Å². The summed E-state index contributed by atoms with van der Waals surface area (Å²) >= 11 is 0. The van der Waals surface area contributed by atoms with Crippen molar-refractivity contribution in [2.75, 3.05) is 11.9 Å². The lowest BCUT2D eigenvalue weighted by Gasteiger charge is -2.21. The summed E-state index contributed by atoms with van der Waals surface area (Å²) in [5, 5.41) is 14.7. The molecule has 0 aliphatic rings. The monoisotopic (exact) mass is 240 g/mol. The summed E-state index contributed by atoms with van der Waals surface area (Å²) in [4.78, 5) is 11.4. The molecule has 0 radical (unpaired) electrons. The van der Waals surface area contributed by atoms with Crippen molar-refractivity contribution in [1.82, 2.24) is 5.32 Å². The van der Waals surface area contributed by atoms with Crippen molar-refractivity contribution in [3.63, 3.8) is 0 Å². The SMILES string of the molecule is CCC(C)(O)CNC(=O)Nc1cccc(F)c1. The molecule has 0 fully saturated rings. The topological polar surface area (TPSA) is 61.4 Å². The highest BCUT2D eigenvalue weighted by atomic mass is 19.1. The second-order valence-electron chi connectivity index (χ2n) is 4.17. The number of halogens is 1. The van der Waals surface area contributed by atoms with Crippen molar-refractivity contribution < 1.29 is 14.3 Å². The minimum absolute atomic E-state index is 0.144. The minimum Gasteiger partial charge on any atom is -0.388 e. The molecule has 4 nitrogen and oxygen atoms in total. The van der Waals surface area contributed by atoms with Gasteiger partial charge in [0, 0.05) is 12.2 Å². The first kappa shape index (κ1) is 13.4. The molecule has 0 heterocycles. The Hall–Kier alpha value is -1.62. The van der Waals surface area contributed by atoms with Crippen molar-refractivity contribution in [3.05, 3.63) is 30.1 Å². The largest absolute Gasteiger partial charge is 0.388 e. The predicted molar refractivity (Wildman–Crippen MR) is 64.3 cm³/mol. The van der Waals surface area contributed by atoms with Gasteiger partial charge in [-0.25, -0.2) is 9.18 Å². The van der Waals surface area contributed by atoms with Gasteiger partial charge in [-0.2, -0.15) is 0 Å². The van der Waals surface area contributed by atoms with Gasteiger partial charge in [0.25, 0.3) is 0 Å². The van der Waals surface area contributed by atoms with E-state index >= 15 is 0 Å². The van der Waals surface area contributed by atoms with Crippen LogP contribution in [0.1, 0.15) is 20.3 Å². The lowest BCUT2D eigenvalue weighted by Crippen LogP contribution is -2.41. The summed E-state index contributed by atoms with van der Waals surface area (Å²) < 4.78 is 12.8. The molecule has 2 amide bonds. The number of hydrogen-bond donors (Lipinski definition) is 3. The number of nitrogens with one attached hydrogen (secondary N) is 2. The van der Waals surface area contributed by atoms with Crippen LogP contribution < -0.4 is 10.6 Å². The van der Waals surface area contributed by atoms with Crippen LogP contribution in [0, 0.1) is 5.82 Å². The van der Waals surface area contributed by atoms with Gasteiger partial charge in [-0.1, -0.05) is 13.0 Å². The second kappa shape index (κ2) is 5.63. The van der Waals surface area contributed by atoms with E-state index in [1.54, 1.807) is 13.0 Å². The number of amides is 2. The van der Waals surface area contributed by atoms with Crippen molar-refractivity contribution in [2.24, 2.45) is 0 Å². The number of hydrogen-bond acceptors (Lipinski definition) is 2. The van der Waals surface area contributed by atoms with Gasteiger partial charge in [0.2, 0.25) is 0 Å². The van der Waals surface area contributed by atoms with Crippen LogP contribution in [0.15, 0.2) is 24.3 Å². The van der Waals surface area contributed by atoms with Gasteiger partial charge in [-0.3, -0.25) is 0 Å². The van der Waals surface area contributed by atoms with Crippen molar-refractivity contribution in [1.29, 1.82) is 0 Å². The summed E-state index contributed by atoms with van der Waals surface area (Å²) in [7, 11) is 0. The highest BCUT2D eigenvalue weighted by Gasteiger charge is 2.18. The van der Waals surface area contributed by atoms with E-state index in [1.807, 2.05) is 6.92 Å². The van der Waals surface area contributed by atoms with E-state index in [4.69, 9.17) is 0 Å². The van der Waals surface area contributed by atoms with Crippen LogP contribution in [-0.4, -0.2) is 23.3 Å². The highest BCUT2D eigenvalue weighted by molar-refractivity contribution is 5.89. The van der Waals surface area contributed by atoms with E-state index in [2.05, 4.69) is 10.6 Å². The first-order chi connectivity index (χ1) is 7.93. The highest BCUT2D eigenvalue weighted by Crippen LogP contribution is 2.09. The summed E-state index contributed by atoms with van der Waals surface area (Å²) in [5.41, 5.74) is -0.558. The van der Waals surface area contributed by atoms with Gasteiger partial charge in [0.15, 0.2) is 0 Å².